The van der Waals surface area contributed by atoms with Gasteiger partial charge in [0.05, 0.1) is 11.5 Å². The van der Waals surface area contributed by atoms with E-state index in [1.165, 1.54) is 0 Å². The maximum atomic E-state index is 13.9. The normalized spacial score (nSPS) is 30.2. The van der Waals surface area contributed by atoms with Gasteiger partial charge in [-0.3, -0.25) is 9.35 Å². The number of rotatable bonds is 6. The summed E-state index contributed by atoms with van der Waals surface area (Å²) in [6, 6.07) is 3.57. The average Bonchev–Trinajstić information content (AvgIpc) is 2.71. The first-order valence-corrected chi connectivity index (χ1v) is 15.5. The lowest BCUT2D eigenvalue weighted by Gasteiger charge is -2.58. The molecule has 0 radical (unpaired) electrons. The van der Waals surface area contributed by atoms with Gasteiger partial charge in [-0.1, -0.05) is 0 Å². The summed E-state index contributed by atoms with van der Waals surface area (Å²) >= 11 is 6.20. The summed E-state index contributed by atoms with van der Waals surface area (Å²) in [5, 5.41) is -5.79. The summed E-state index contributed by atoms with van der Waals surface area (Å²) in [6.07, 6.45) is -8.74. The van der Waals surface area contributed by atoms with E-state index in [0.717, 1.165) is 7.14 Å². The van der Waals surface area contributed by atoms with Crippen LogP contribution in [-0.2, 0) is 24.4 Å². The SMILES string of the molecule is O=C(OC12CC3CC(C1)C(C(=O)OC(C(F)(F)F)C(F)(F)S(=O)(=O)O)C(C3)C2)c1cc(I)cc(I)c1I. The third-order valence-electron chi connectivity index (χ3n) is 7.19. The molecule has 0 aromatic heterocycles. The highest BCUT2D eigenvalue weighted by Gasteiger charge is 2.67. The molecule has 1 aromatic carbocycles. The van der Waals surface area contributed by atoms with Crippen molar-refractivity contribution in [3.05, 3.63) is 28.4 Å². The Morgan fingerprint density at radius 3 is 2.11 bits per heavy atom. The highest BCUT2D eigenvalue weighted by atomic mass is 127. The number of carbonyl (C=O) groups excluding carboxylic acids is 2. The largest absolute Gasteiger partial charge is 0.455 e. The van der Waals surface area contributed by atoms with Crippen molar-refractivity contribution in [2.45, 2.75) is 55.2 Å². The number of ether oxygens (including phenoxy) is 2. The molecule has 0 amide bonds. The van der Waals surface area contributed by atoms with Gasteiger partial charge < -0.3 is 9.47 Å². The predicted molar refractivity (Wildman–Crippen MR) is 142 cm³/mol. The lowest BCUT2D eigenvalue weighted by Crippen LogP contribution is -2.59. The molecule has 4 aliphatic rings. The Bertz CT molecular complexity index is 1220. The number of hydrogen-bond acceptors (Lipinski definition) is 6. The van der Waals surface area contributed by atoms with Crippen molar-refractivity contribution in [2.24, 2.45) is 23.7 Å². The van der Waals surface area contributed by atoms with Crippen molar-refractivity contribution in [1.29, 1.82) is 0 Å². The first-order valence-electron chi connectivity index (χ1n) is 10.8. The minimum absolute atomic E-state index is 0.0159. The number of halogens is 8. The Morgan fingerprint density at radius 2 is 1.59 bits per heavy atom. The third kappa shape index (κ3) is 5.73. The van der Waals surface area contributed by atoms with Crippen molar-refractivity contribution in [2.75, 3.05) is 0 Å². The number of benzene rings is 1. The van der Waals surface area contributed by atoms with E-state index in [2.05, 4.69) is 49.9 Å². The smallest absolute Gasteiger partial charge is 0.432 e. The van der Waals surface area contributed by atoms with Crippen LogP contribution in [0.3, 0.4) is 0 Å². The number of esters is 2. The van der Waals surface area contributed by atoms with Gasteiger partial charge in [-0.25, -0.2) is 4.79 Å². The summed E-state index contributed by atoms with van der Waals surface area (Å²) in [5.74, 6) is -4.56. The van der Waals surface area contributed by atoms with Gasteiger partial charge in [-0.15, -0.1) is 0 Å². The topological polar surface area (TPSA) is 107 Å². The lowest BCUT2D eigenvalue weighted by atomic mass is 9.50. The van der Waals surface area contributed by atoms with Gasteiger partial charge in [-0.05, 0) is 130 Å². The average molecular weight is 890 g/mol. The van der Waals surface area contributed by atoms with Crippen LogP contribution in [0.15, 0.2) is 12.1 Å². The third-order valence-corrected chi connectivity index (χ3v) is 11.8. The highest BCUT2D eigenvalue weighted by Crippen LogP contribution is 2.60. The van der Waals surface area contributed by atoms with Crippen LogP contribution in [0.5, 0.6) is 0 Å². The molecule has 3 unspecified atom stereocenters. The van der Waals surface area contributed by atoms with Crippen molar-refractivity contribution >= 4 is 89.8 Å². The van der Waals surface area contributed by atoms with Crippen LogP contribution in [0, 0.1) is 34.4 Å². The molecule has 5 rings (SSSR count). The predicted octanol–water partition coefficient (Wildman–Crippen LogP) is 5.81. The molecule has 7 nitrogen and oxygen atoms in total. The van der Waals surface area contributed by atoms with Crippen molar-refractivity contribution < 1.29 is 54.0 Å². The van der Waals surface area contributed by atoms with Gasteiger partial charge in [0.2, 0.25) is 0 Å². The van der Waals surface area contributed by atoms with E-state index >= 15 is 0 Å². The Balaban J connectivity index is 1.55. The molecule has 4 bridgehead atoms. The second-order valence-corrected chi connectivity index (χ2v) is 14.7. The fourth-order valence-corrected chi connectivity index (χ4v) is 8.90. The first kappa shape index (κ1) is 29.9. The van der Waals surface area contributed by atoms with E-state index in [1.807, 2.05) is 28.7 Å². The van der Waals surface area contributed by atoms with Crippen LogP contribution in [-0.4, -0.2) is 48.0 Å². The van der Waals surface area contributed by atoms with Crippen LogP contribution < -0.4 is 0 Å². The molecular weight excluding hydrogens is 872 g/mol. The molecule has 37 heavy (non-hydrogen) atoms. The van der Waals surface area contributed by atoms with Gasteiger partial charge in [-0.2, -0.15) is 30.4 Å². The summed E-state index contributed by atoms with van der Waals surface area (Å²) in [6.45, 7) is 0. The maximum Gasteiger partial charge on any atom is 0.432 e. The van der Waals surface area contributed by atoms with Crippen molar-refractivity contribution in [3.63, 3.8) is 0 Å². The Labute approximate surface area is 249 Å². The van der Waals surface area contributed by atoms with Crippen LogP contribution in [0.25, 0.3) is 0 Å². The molecule has 1 N–H and O–H groups in total. The van der Waals surface area contributed by atoms with Crippen LogP contribution in [0.4, 0.5) is 22.0 Å². The molecule has 4 fully saturated rings. The van der Waals surface area contributed by atoms with Gasteiger partial charge in [0.25, 0.3) is 6.10 Å². The molecule has 0 spiro atoms. The second kappa shape index (κ2) is 10.1. The fraction of sp³-hybridized carbons (Fsp3) is 0.619. The lowest BCUT2D eigenvalue weighted by molar-refractivity contribution is -0.265. The molecular formula is C21H18F5I3O7S. The summed E-state index contributed by atoms with van der Waals surface area (Å²) in [4.78, 5) is 25.9. The molecule has 4 saturated carbocycles. The first-order chi connectivity index (χ1) is 16.8. The van der Waals surface area contributed by atoms with Crippen LogP contribution in [0.2, 0.25) is 0 Å². The van der Waals surface area contributed by atoms with E-state index < -0.39 is 62.9 Å². The summed E-state index contributed by atoms with van der Waals surface area (Å²) in [7, 11) is -6.53. The van der Waals surface area contributed by atoms with Crippen LogP contribution >= 0.6 is 67.8 Å². The molecule has 3 atom stereocenters. The van der Waals surface area contributed by atoms with Crippen LogP contribution in [0.1, 0.15) is 42.5 Å². The fourth-order valence-electron chi connectivity index (χ4n) is 6.07. The quantitative estimate of drug-likeness (QED) is 0.127. The monoisotopic (exact) mass is 890 g/mol. The van der Waals surface area contributed by atoms with Gasteiger partial charge in [0.15, 0.2) is 0 Å². The van der Waals surface area contributed by atoms with E-state index in [-0.39, 0.29) is 18.8 Å². The standard InChI is InChI=1S/C21H18F5I3O7S/c22-20(23,24)18(21(25,26)37(32,33)34)35-17(31)14-9-1-8-2-10(14)7-19(5-8,6-9)36-16(30)12-3-11(27)4-13(28)15(12)29/h3-4,8-10,14,18H,1-2,5-7H2,(H,32,33,34). The summed E-state index contributed by atoms with van der Waals surface area (Å²) < 4.78 is 111. The van der Waals surface area contributed by atoms with E-state index in [0.29, 0.717) is 28.4 Å². The van der Waals surface area contributed by atoms with E-state index in [1.54, 1.807) is 6.07 Å². The van der Waals surface area contributed by atoms with E-state index in [4.69, 9.17) is 9.29 Å². The zero-order chi connectivity index (χ0) is 27.7. The second-order valence-electron chi connectivity index (χ2n) is 9.71. The summed E-state index contributed by atoms with van der Waals surface area (Å²) in [5.41, 5.74) is -0.592. The van der Waals surface area contributed by atoms with Gasteiger partial charge in [0.1, 0.15) is 5.60 Å². The Hall–Kier alpha value is -0.0900. The molecule has 0 saturated heterocycles. The molecule has 4 aliphatic carbocycles. The molecule has 206 valence electrons. The molecule has 1 aromatic rings. The maximum absolute atomic E-state index is 13.9. The Morgan fingerprint density at radius 1 is 1.03 bits per heavy atom. The molecule has 0 heterocycles. The zero-order valence-corrected chi connectivity index (χ0v) is 25.7. The number of hydrogen-bond donors (Lipinski definition) is 1. The minimum atomic E-state index is -6.53. The van der Waals surface area contributed by atoms with E-state index in [9.17, 15) is 40.0 Å². The van der Waals surface area contributed by atoms with Crippen molar-refractivity contribution in [1.82, 2.24) is 0 Å². The molecule has 0 aliphatic heterocycles. The Kier molecular flexibility index (Phi) is 8.14. The van der Waals surface area contributed by atoms with Gasteiger partial charge >= 0.3 is 33.5 Å². The number of alkyl halides is 5. The minimum Gasteiger partial charge on any atom is -0.455 e. The highest BCUT2D eigenvalue weighted by molar-refractivity contribution is 14.1. The van der Waals surface area contributed by atoms with Gasteiger partial charge in [0, 0.05) is 10.7 Å². The number of carbonyl (C=O) groups is 2. The molecule has 16 heteroatoms. The zero-order valence-electron chi connectivity index (χ0n) is 18.4. The van der Waals surface area contributed by atoms with Crippen molar-refractivity contribution in [3.8, 4) is 0 Å².